The third kappa shape index (κ3) is 2.34. The molecule has 8 heteroatoms. The molecular formula is C14H12N2O6. The topological polar surface area (TPSA) is 105 Å². The second-order valence-corrected chi connectivity index (χ2v) is 4.84. The molecule has 0 spiro atoms. The number of rotatable bonds is 3. The highest BCUT2D eigenvalue weighted by molar-refractivity contribution is 6.15. The summed E-state index contributed by atoms with van der Waals surface area (Å²) in [5, 5.41) is 11.1. The van der Waals surface area contributed by atoms with E-state index in [-0.39, 0.29) is 12.5 Å². The zero-order valence-corrected chi connectivity index (χ0v) is 11.6. The first kappa shape index (κ1) is 13.9. The molecule has 2 aliphatic heterocycles. The van der Waals surface area contributed by atoms with Gasteiger partial charge in [-0.15, -0.1) is 0 Å². The van der Waals surface area contributed by atoms with Crippen LogP contribution in [0.5, 0.6) is 11.5 Å². The lowest BCUT2D eigenvalue weighted by Gasteiger charge is -2.07. The van der Waals surface area contributed by atoms with E-state index in [4.69, 9.17) is 14.6 Å². The van der Waals surface area contributed by atoms with Crippen molar-refractivity contribution in [3.05, 3.63) is 29.0 Å². The van der Waals surface area contributed by atoms with Gasteiger partial charge in [0, 0.05) is 0 Å². The van der Waals surface area contributed by atoms with E-state index in [1.807, 2.05) is 6.92 Å². The standard InChI is InChI=1S/C14H12N2O6/c1-7-2-10-11(22-6-21-10)4-8(7)3-9-13(19)16(5-12(17)18)14(20)15-9/h2-4H,5-6H2,1H3,(H,15,20)(H,17,18)/b9-3+. The molecule has 22 heavy (non-hydrogen) atoms. The van der Waals surface area contributed by atoms with Gasteiger partial charge in [0.2, 0.25) is 6.79 Å². The number of amides is 3. The minimum atomic E-state index is -1.26. The maximum atomic E-state index is 12.1. The molecule has 1 fully saturated rings. The number of hydrogen-bond acceptors (Lipinski definition) is 5. The van der Waals surface area contributed by atoms with Crippen LogP contribution in [0, 0.1) is 6.92 Å². The fraction of sp³-hybridized carbons (Fsp3) is 0.214. The van der Waals surface area contributed by atoms with Gasteiger partial charge in [-0.1, -0.05) is 0 Å². The number of aryl methyl sites for hydroxylation is 1. The van der Waals surface area contributed by atoms with Crippen LogP contribution >= 0.6 is 0 Å². The number of nitrogens with one attached hydrogen (secondary N) is 1. The van der Waals surface area contributed by atoms with Crippen molar-refractivity contribution in [2.75, 3.05) is 13.3 Å². The Balaban J connectivity index is 1.91. The maximum Gasteiger partial charge on any atom is 0.329 e. The average Bonchev–Trinajstić information content (AvgIpc) is 2.99. The van der Waals surface area contributed by atoms with Crippen LogP contribution in [-0.2, 0) is 9.59 Å². The molecule has 1 saturated heterocycles. The summed E-state index contributed by atoms with van der Waals surface area (Å²) in [6.45, 7) is 1.28. The van der Waals surface area contributed by atoms with Crippen LogP contribution in [0.4, 0.5) is 4.79 Å². The maximum absolute atomic E-state index is 12.1. The molecule has 0 bridgehead atoms. The summed E-state index contributed by atoms with van der Waals surface area (Å²) >= 11 is 0. The Labute approximate surface area is 124 Å². The summed E-state index contributed by atoms with van der Waals surface area (Å²) in [6, 6.07) is 2.71. The lowest BCUT2D eigenvalue weighted by molar-refractivity contribution is -0.140. The molecule has 0 atom stereocenters. The van der Waals surface area contributed by atoms with E-state index in [1.165, 1.54) is 6.08 Å². The number of nitrogens with zero attached hydrogens (tertiary/aromatic N) is 1. The Bertz CT molecular complexity index is 724. The molecule has 114 valence electrons. The number of carbonyl (C=O) groups excluding carboxylic acids is 2. The Morgan fingerprint density at radius 2 is 2.05 bits per heavy atom. The van der Waals surface area contributed by atoms with Gasteiger partial charge in [0.25, 0.3) is 5.91 Å². The largest absolute Gasteiger partial charge is 0.480 e. The summed E-state index contributed by atoms with van der Waals surface area (Å²) < 4.78 is 10.5. The second-order valence-electron chi connectivity index (χ2n) is 4.84. The zero-order chi connectivity index (χ0) is 15.9. The van der Waals surface area contributed by atoms with Gasteiger partial charge < -0.3 is 19.9 Å². The van der Waals surface area contributed by atoms with Crippen LogP contribution in [0.15, 0.2) is 17.8 Å². The Morgan fingerprint density at radius 3 is 2.73 bits per heavy atom. The van der Waals surface area contributed by atoms with Crippen molar-refractivity contribution in [1.82, 2.24) is 10.2 Å². The van der Waals surface area contributed by atoms with Crippen LogP contribution in [0.1, 0.15) is 11.1 Å². The highest BCUT2D eigenvalue weighted by Crippen LogP contribution is 2.35. The number of hydrogen-bond donors (Lipinski definition) is 2. The van der Waals surface area contributed by atoms with Crippen molar-refractivity contribution in [1.29, 1.82) is 0 Å². The predicted molar refractivity (Wildman–Crippen MR) is 73.2 cm³/mol. The molecule has 0 aromatic heterocycles. The van der Waals surface area contributed by atoms with Crippen molar-refractivity contribution < 1.29 is 29.0 Å². The Kier molecular flexibility index (Phi) is 3.21. The number of carboxylic acid groups (broad SMARTS) is 1. The molecule has 2 heterocycles. The predicted octanol–water partition coefficient (Wildman–Crippen LogP) is 0.701. The van der Waals surface area contributed by atoms with Crippen LogP contribution < -0.4 is 14.8 Å². The third-order valence-electron chi connectivity index (χ3n) is 3.32. The van der Waals surface area contributed by atoms with Crippen LogP contribution in [-0.4, -0.2) is 41.3 Å². The fourth-order valence-corrected chi connectivity index (χ4v) is 2.22. The monoisotopic (exact) mass is 304 g/mol. The number of carboxylic acids is 1. The number of benzene rings is 1. The summed E-state index contributed by atoms with van der Waals surface area (Å²) in [6.07, 6.45) is 1.49. The second kappa shape index (κ2) is 5.06. The van der Waals surface area contributed by atoms with Gasteiger partial charge in [-0.25, -0.2) is 9.69 Å². The van der Waals surface area contributed by atoms with E-state index in [2.05, 4.69) is 5.32 Å². The Morgan fingerprint density at radius 1 is 1.36 bits per heavy atom. The van der Waals surface area contributed by atoms with E-state index >= 15 is 0 Å². The van der Waals surface area contributed by atoms with Crippen molar-refractivity contribution >= 4 is 24.0 Å². The number of aliphatic carboxylic acids is 1. The van der Waals surface area contributed by atoms with Gasteiger partial charge in [0.05, 0.1) is 0 Å². The fourth-order valence-electron chi connectivity index (χ4n) is 2.22. The van der Waals surface area contributed by atoms with Gasteiger partial charge >= 0.3 is 12.0 Å². The highest BCUT2D eigenvalue weighted by Gasteiger charge is 2.35. The molecule has 8 nitrogen and oxygen atoms in total. The molecule has 1 aromatic carbocycles. The minimum absolute atomic E-state index is 0.0215. The normalized spacial score (nSPS) is 18.0. The number of urea groups is 1. The SMILES string of the molecule is Cc1cc2c(cc1/C=C1/NC(=O)N(CC(=O)O)C1=O)OCO2. The minimum Gasteiger partial charge on any atom is -0.480 e. The molecule has 0 radical (unpaired) electrons. The average molecular weight is 304 g/mol. The van der Waals surface area contributed by atoms with Crippen molar-refractivity contribution in [3.8, 4) is 11.5 Å². The molecule has 3 rings (SSSR count). The lowest BCUT2D eigenvalue weighted by Crippen LogP contribution is -2.35. The number of carbonyl (C=O) groups is 3. The van der Waals surface area contributed by atoms with Gasteiger partial charge in [-0.3, -0.25) is 9.59 Å². The zero-order valence-electron chi connectivity index (χ0n) is 11.6. The van der Waals surface area contributed by atoms with Crippen molar-refractivity contribution in [3.63, 3.8) is 0 Å². The van der Waals surface area contributed by atoms with E-state index in [1.54, 1.807) is 12.1 Å². The molecule has 2 aliphatic rings. The number of fused-ring (bicyclic) bond motifs is 1. The van der Waals surface area contributed by atoms with Crippen molar-refractivity contribution in [2.45, 2.75) is 6.92 Å². The summed E-state index contributed by atoms with van der Waals surface area (Å²) in [5.74, 6) is -0.765. The highest BCUT2D eigenvalue weighted by atomic mass is 16.7. The number of ether oxygens (including phenoxy) is 2. The quantitative estimate of drug-likeness (QED) is 0.629. The van der Waals surface area contributed by atoms with E-state index in [0.29, 0.717) is 22.0 Å². The van der Waals surface area contributed by atoms with Gasteiger partial charge in [0.15, 0.2) is 11.5 Å². The summed E-state index contributed by atoms with van der Waals surface area (Å²) in [5.41, 5.74) is 1.52. The van der Waals surface area contributed by atoms with Gasteiger partial charge in [-0.2, -0.15) is 0 Å². The van der Waals surface area contributed by atoms with Gasteiger partial charge in [0.1, 0.15) is 12.2 Å². The molecule has 0 aliphatic carbocycles. The van der Waals surface area contributed by atoms with Crippen molar-refractivity contribution in [2.24, 2.45) is 0 Å². The lowest BCUT2D eigenvalue weighted by atomic mass is 10.1. The van der Waals surface area contributed by atoms with E-state index < -0.39 is 24.5 Å². The van der Waals surface area contributed by atoms with Gasteiger partial charge in [-0.05, 0) is 36.3 Å². The molecule has 2 N–H and O–H groups in total. The molecule has 0 saturated carbocycles. The molecule has 1 aromatic rings. The first-order chi connectivity index (χ1) is 10.5. The smallest absolute Gasteiger partial charge is 0.329 e. The third-order valence-corrected chi connectivity index (χ3v) is 3.32. The first-order valence-corrected chi connectivity index (χ1v) is 6.42. The summed E-state index contributed by atoms with van der Waals surface area (Å²) in [7, 11) is 0. The number of imide groups is 1. The summed E-state index contributed by atoms with van der Waals surface area (Å²) in [4.78, 5) is 35.0. The van der Waals surface area contributed by atoms with Crippen LogP contribution in [0.3, 0.4) is 0 Å². The first-order valence-electron chi connectivity index (χ1n) is 6.42. The van der Waals surface area contributed by atoms with E-state index in [0.717, 1.165) is 5.56 Å². The molecule has 0 unspecified atom stereocenters. The molecular weight excluding hydrogens is 292 g/mol. The van der Waals surface area contributed by atoms with Crippen LogP contribution in [0.25, 0.3) is 6.08 Å². The molecule has 3 amide bonds. The Hall–Kier alpha value is -3.03. The van der Waals surface area contributed by atoms with Crippen LogP contribution in [0.2, 0.25) is 0 Å². The van der Waals surface area contributed by atoms with E-state index in [9.17, 15) is 14.4 Å².